The molecule has 1 N–H and O–H groups in total. The molecule has 0 atom stereocenters. The quantitative estimate of drug-likeness (QED) is 0.669. The summed E-state index contributed by atoms with van der Waals surface area (Å²) in [4.78, 5) is 39.5. The first kappa shape index (κ1) is 18.4. The number of nitrogens with one attached hydrogen (secondary N) is 1. The largest absolute Gasteiger partial charge is 0.492 e. The van der Waals surface area contributed by atoms with Crippen LogP contribution < -0.4 is 15.0 Å². The monoisotopic (exact) mass is 386 g/mol. The molecule has 0 saturated carbocycles. The molecule has 0 fully saturated rings. The standard InChI is InChI=1S/C23H18N2O4/c1-2-29-20-11-7-6-10-19(20)25-22(27)17-13-12-15(14-18(17)23(25)28)21(26)24-16-8-4-3-5-9-16/h3-14H,2H2,1H3,(H,24,26). The van der Waals surface area contributed by atoms with Gasteiger partial charge in [-0.1, -0.05) is 30.3 Å². The van der Waals surface area contributed by atoms with Crippen molar-refractivity contribution in [1.29, 1.82) is 0 Å². The topological polar surface area (TPSA) is 75.7 Å². The normalized spacial score (nSPS) is 12.7. The maximum Gasteiger partial charge on any atom is 0.266 e. The first-order chi connectivity index (χ1) is 14.1. The van der Waals surface area contributed by atoms with Crippen LogP contribution in [-0.4, -0.2) is 24.3 Å². The zero-order chi connectivity index (χ0) is 20.4. The zero-order valence-electron chi connectivity index (χ0n) is 15.7. The minimum Gasteiger partial charge on any atom is -0.492 e. The van der Waals surface area contributed by atoms with Gasteiger partial charge < -0.3 is 10.1 Å². The fraction of sp³-hybridized carbons (Fsp3) is 0.0870. The molecule has 1 heterocycles. The highest BCUT2D eigenvalue weighted by molar-refractivity contribution is 6.35. The number of amides is 3. The van der Waals surface area contributed by atoms with Crippen molar-refractivity contribution in [3.05, 3.63) is 89.5 Å². The Hall–Kier alpha value is -3.93. The number of hydrogen-bond donors (Lipinski definition) is 1. The molecule has 3 aromatic carbocycles. The highest BCUT2D eigenvalue weighted by Gasteiger charge is 2.38. The molecular formula is C23H18N2O4. The first-order valence-corrected chi connectivity index (χ1v) is 9.21. The molecule has 0 saturated heterocycles. The Labute approximate surface area is 167 Å². The van der Waals surface area contributed by atoms with Crippen molar-refractivity contribution in [3.63, 3.8) is 0 Å². The zero-order valence-corrected chi connectivity index (χ0v) is 15.7. The van der Waals surface area contributed by atoms with Crippen molar-refractivity contribution in [2.75, 3.05) is 16.8 Å². The lowest BCUT2D eigenvalue weighted by Crippen LogP contribution is -2.29. The summed E-state index contributed by atoms with van der Waals surface area (Å²) in [5.74, 6) is -0.822. The van der Waals surface area contributed by atoms with Crippen LogP contribution in [0.2, 0.25) is 0 Å². The molecule has 0 radical (unpaired) electrons. The summed E-state index contributed by atoms with van der Waals surface area (Å²) in [5.41, 5.74) is 1.79. The molecule has 0 spiro atoms. The Kier molecular flexibility index (Phi) is 4.83. The molecule has 6 heteroatoms. The van der Waals surface area contributed by atoms with E-state index in [0.29, 0.717) is 29.3 Å². The maximum absolute atomic E-state index is 13.0. The van der Waals surface area contributed by atoms with Gasteiger partial charge >= 0.3 is 0 Å². The van der Waals surface area contributed by atoms with Gasteiger partial charge in [0.05, 0.1) is 23.4 Å². The van der Waals surface area contributed by atoms with Gasteiger partial charge in [0.25, 0.3) is 17.7 Å². The molecule has 6 nitrogen and oxygen atoms in total. The van der Waals surface area contributed by atoms with Crippen molar-refractivity contribution in [2.24, 2.45) is 0 Å². The average molecular weight is 386 g/mol. The number of nitrogens with zero attached hydrogens (tertiary/aromatic N) is 1. The third-order valence-electron chi connectivity index (χ3n) is 4.59. The van der Waals surface area contributed by atoms with Gasteiger partial charge in [0.2, 0.25) is 0 Å². The lowest BCUT2D eigenvalue weighted by atomic mass is 10.1. The third-order valence-corrected chi connectivity index (χ3v) is 4.59. The number of rotatable bonds is 5. The van der Waals surface area contributed by atoms with Crippen LogP contribution in [-0.2, 0) is 0 Å². The highest BCUT2D eigenvalue weighted by Crippen LogP contribution is 2.35. The second kappa shape index (κ2) is 7.59. The molecule has 3 amide bonds. The SMILES string of the molecule is CCOc1ccccc1N1C(=O)c2ccc(C(=O)Nc3ccccc3)cc2C1=O. The van der Waals surface area contributed by atoms with E-state index in [1.807, 2.05) is 25.1 Å². The van der Waals surface area contributed by atoms with Gasteiger partial charge in [-0.25, -0.2) is 4.90 Å². The lowest BCUT2D eigenvalue weighted by molar-refractivity contribution is 0.0924. The number of hydrogen-bond acceptors (Lipinski definition) is 4. The molecule has 0 aromatic heterocycles. The molecular weight excluding hydrogens is 368 g/mol. The van der Waals surface area contributed by atoms with Gasteiger partial charge in [-0.3, -0.25) is 14.4 Å². The van der Waals surface area contributed by atoms with Crippen molar-refractivity contribution >= 4 is 29.1 Å². The Morgan fingerprint density at radius 3 is 2.34 bits per heavy atom. The molecule has 144 valence electrons. The van der Waals surface area contributed by atoms with E-state index in [-0.39, 0.29) is 17.0 Å². The average Bonchev–Trinajstić information content (AvgIpc) is 2.99. The lowest BCUT2D eigenvalue weighted by Gasteiger charge is -2.17. The van der Waals surface area contributed by atoms with Crippen LogP contribution in [0.3, 0.4) is 0 Å². The molecule has 4 rings (SSSR count). The number of carbonyl (C=O) groups excluding carboxylic acids is 3. The van der Waals surface area contributed by atoms with Crippen LogP contribution in [0, 0.1) is 0 Å². The van der Waals surface area contributed by atoms with E-state index in [4.69, 9.17) is 4.74 Å². The Balaban J connectivity index is 1.66. The van der Waals surface area contributed by atoms with Gasteiger partial charge in [0.15, 0.2) is 0 Å². The minimum atomic E-state index is -0.480. The molecule has 29 heavy (non-hydrogen) atoms. The van der Waals surface area contributed by atoms with E-state index in [9.17, 15) is 14.4 Å². The summed E-state index contributed by atoms with van der Waals surface area (Å²) in [7, 11) is 0. The summed E-state index contributed by atoms with van der Waals surface area (Å²) in [6.07, 6.45) is 0. The minimum absolute atomic E-state index is 0.196. The van der Waals surface area contributed by atoms with E-state index < -0.39 is 11.8 Å². The molecule has 0 bridgehead atoms. The first-order valence-electron chi connectivity index (χ1n) is 9.21. The van der Waals surface area contributed by atoms with Crippen molar-refractivity contribution in [3.8, 4) is 5.75 Å². The summed E-state index contributed by atoms with van der Waals surface area (Å²) in [6, 6.07) is 20.4. The van der Waals surface area contributed by atoms with Crippen LogP contribution in [0.4, 0.5) is 11.4 Å². The Bertz CT molecular complexity index is 1110. The molecule has 1 aliphatic heterocycles. The van der Waals surface area contributed by atoms with Crippen molar-refractivity contribution < 1.29 is 19.1 Å². The van der Waals surface area contributed by atoms with Gasteiger partial charge in [-0.2, -0.15) is 0 Å². The molecule has 0 unspecified atom stereocenters. The summed E-state index contributed by atoms with van der Waals surface area (Å²) in [5, 5.41) is 2.78. The summed E-state index contributed by atoms with van der Waals surface area (Å²) < 4.78 is 5.56. The fourth-order valence-corrected chi connectivity index (χ4v) is 3.25. The van der Waals surface area contributed by atoms with Crippen molar-refractivity contribution in [1.82, 2.24) is 0 Å². The van der Waals surface area contributed by atoms with Gasteiger partial charge in [0.1, 0.15) is 5.75 Å². The number of imide groups is 1. The van der Waals surface area contributed by atoms with Crippen LogP contribution in [0.15, 0.2) is 72.8 Å². The number of fused-ring (bicyclic) bond motifs is 1. The smallest absolute Gasteiger partial charge is 0.266 e. The predicted octanol–water partition coefficient (Wildman–Crippen LogP) is 4.14. The highest BCUT2D eigenvalue weighted by atomic mass is 16.5. The number of benzene rings is 3. The second-order valence-corrected chi connectivity index (χ2v) is 6.43. The van der Waals surface area contributed by atoms with Crippen LogP contribution in [0.25, 0.3) is 0 Å². The van der Waals surface area contributed by atoms with E-state index in [0.717, 1.165) is 4.90 Å². The van der Waals surface area contributed by atoms with E-state index >= 15 is 0 Å². The van der Waals surface area contributed by atoms with Crippen LogP contribution in [0.5, 0.6) is 5.75 Å². The number of para-hydroxylation sites is 3. The number of anilines is 2. The van der Waals surface area contributed by atoms with E-state index in [2.05, 4.69) is 5.32 Å². The molecule has 3 aromatic rings. The van der Waals surface area contributed by atoms with Gasteiger partial charge in [-0.05, 0) is 49.4 Å². The number of ether oxygens (including phenoxy) is 1. The maximum atomic E-state index is 13.0. The molecule has 0 aliphatic carbocycles. The number of carbonyl (C=O) groups is 3. The van der Waals surface area contributed by atoms with E-state index in [1.54, 1.807) is 42.5 Å². The Morgan fingerprint density at radius 1 is 0.897 bits per heavy atom. The second-order valence-electron chi connectivity index (χ2n) is 6.43. The predicted molar refractivity (Wildman–Crippen MR) is 110 cm³/mol. The van der Waals surface area contributed by atoms with Crippen molar-refractivity contribution in [2.45, 2.75) is 6.92 Å². The van der Waals surface area contributed by atoms with Crippen LogP contribution in [0.1, 0.15) is 38.0 Å². The van der Waals surface area contributed by atoms with E-state index in [1.165, 1.54) is 12.1 Å². The summed E-state index contributed by atoms with van der Waals surface area (Å²) >= 11 is 0. The Morgan fingerprint density at radius 2 is 1.59 bits per heavy atom. The summed E-state index contributed by atoms with van der Waals surface area (Å²) in [6.45, 7) is 2.24. The molecule has 1 aliphatic rings. The van der Waals surface area contributed by atoms with Gasteiger partial charge in [-0.15, -0.1) is 0 Å². The van der Waals surface area contributed by atoms with Gasteiger partial charge in [0, 0.05) is 11.3 Å². The van der Waals surface area contributed by atoms with Crippen LogP contribution >= 0.6 is 0 Å². The third kappa shape index (κ3) is 3.36. The fourth-order valence-electron chi connectivity index (χ4n) is 3.25.